The lowest BCUT2D eigenvalue weighted by Crippen LogP contribution is -2.27. The molecule has 5 heteroatoms. The molecule has 0 saturated heterocycles. The zero-order valence-electron chi connectivity index (χ0n) is 22.8. The van der Waals surface area contributed by atoms with Gasteiger partial charge in [-0.05, 0) is 79.1 Å². The van der Waals surface area contributed by atoms with E-state index in [4.69, 9.17) is 14.4 Å². The number of furan rings is 1. The minimum Gasteiger partial charge on any atom is -0.465 e. The first-order valence-corrected chi connectivity index (χ1v) is 14.1. The molecule has 38 heavy (non-hydrogen) atoms. The van der Waals surface area contributed by atoms with Gasteiger partial charge in [-0.25, -0.2) is 9.97 Å². The van der Waals surface area contributed by atoms with Crippen molar-refractivity contribution in [3.05, 3.63) is 90.1 Å². The Bertz CT molecular complexity index is 1310. The van der Waals surface area contributed by atoms with Crippen LogP contribution in [0.15, 0.2) is 77.4 Å². The van der Waals surface area contributed by atoms with Crippen molar-refractivity contribution in [2.45, 2.75) is 44.9 Å². The van der Waals surface area contributed by atoms with Crippen molar-refractivity contribution in [3.8, 4) is 0 Å². The summed E-state index contributed by atoms with van der Waals surface area (Å²) in [4.78, 5) is 11.8. The molecule has 1 aliphatic rings. The molecular formula is C33H40N4O. The molecule has 0 spiro atoms. The third-order valence-corrected chi connectivity index (χ3v) is 7.78. The second-order valence-corrected chi connectivity index (χ2v) is 10.8. The third-order valence-electron chi connectivity index (χ3n) is 7.78. The van der Waals surface area contributed by atoms with Crippen molar-refractivity contribution in [1.82, 2.24) is 15.3 Å². The molecule has 0 bridgehead atoms. The average molecular weight is 509 g/mol. The van der Waals surface area contributed by atoms with E-state index < -0.39 is 0 Å². The Morgan fingerprint density at radius 3 is 2.45 bits per heavy atom. The highest BCUT2D eigenvalue weighted by Crippen LogP contribution is 2.32. The summed E-state index contributed by atoms with van der Waals surface area (Å²) >= 11 is 0. The SMILES string of the molecule is CN(C)c1nc(CCCC2CCC(CNC/C(=C\c3ccco3)c3ccccc3)CC2)nc2ccccc12. The topological polar surface area (TPSA) is 54.2 Å². The molecule has 1 fully saturated rings. The molecule has 0 aliphatic heterocycles. The summed E-state index contributed by atoms with van der Waals surface area (Å²) in [5.74, 6) is 4.49. The maximum absolute atomic E-state index is 5.57. The van der Waals surface area contributed by atoms with Crippen LogP contribution >= 0.6 is 0 Å². The Morgan fingerprint density at radius 1 is 0.921 bits per heavy atom. The predicted octanol–water partition coefficient (Wildman–Crippen LogP) is 7.25. The van der Waals surface area contributed by atoms with Crippen molar-refractivity contribution in [2.24, 2.45) is 11.8 Å². The van der Waals surface area contributed by atoms with Crippen LogP contribution in [0.25, 0.3) is 22.6 Å². The minimum atomic E-state index is 0.762. The van der Waals surface area contributed by atoms with E-state index in [1.807, 2.05) is 12.1 Å². The first-order chi connectivity index (χ1) is 18.7. The van der Waals surface area contributed by atoms with Crippen molar-refractivity contribution >= 4 is 28.4 Å². The van der Waals surface area contributed by atoms with Gasteiger partial charge in [0, 0.05) is 32.4 Å². The van der Waals surface area contributed by atoms with Crippen molar-refractivity contribution < 1.29 is 4.42 Å². The molecule has 5 rings (SSSR count). The summed E-state index contributed by atoms with van der Waals surface area (Å²) in [6, 6.07) is 22.9. The number of benzene rings is 2. The second-order valence-electron chi connectivity index (χ2n) is 10.8. The predicted molar refractivity (Wildman–Crippen MR) is 158 cm³/mol. The smallest absolute Gasteiger partial charge is 0.139 e. The van der Waals surface area contributed by atoms with Gasteiger partial charge in [0.15, 0.2) is 0 Å². The second kappa shape index (κ2) is 12.9. The molecule has 0 amide bonds. The van der Waals surface area contributed by atoms with Crippen LogP contribution < -0.4 is 10.2 Å². The standard InChI is InChI=1S/C33H40N4O/c1-37(2)33-30-14-6-7-15-31(30)35-32(36-33)16-8-10-25-17-19-26(20-18-25)23-34-24-28(22-29-13-9-21-38-29)27-11-4-3-5-12-27/h3-7,9,11-15,21-22,25-26,34H,8,10,16-20,23-24H2,1-2H3/b28-22+. The van der Waals surface area contributed by atoms with Crippen LogP contribution in [-0.2, 0) is 6.42 Å². The largest absolute Gasteiger partial charge is 0.465 e. The van der Waals surface area contributed by atoms with Gasteiger partial charge in [-0.2, -0.15) is 0 Å². The van der Waals surface area contributed by atoms with Gasteiger partial charge < -0.3 is 14.6 Å². The van der Waals surface area contributed by atoms with E-state index in [1.54, 1.807) is 6.26 Å². The fourth-order valence-electron chi connectivity index (χ4n) is 5.68. The summed E-state index contributed by atoms with van der Waals surface area (Å²) in [7, 11) is 4.12. The Morgan fingerprint density at radius 2 is 1.68 bits per heavy atom. The van der Waals surface area contributed by atoms with Crippen molar-refractivity contribution in [1.29, 1.82) is 0 Å². The lowest BCUT2D eigenvalue weighted by Gasteiger charge is -2.29. The summed E-state index contributed by atoms with van der Waals surface area (Å²) in [6.45, 7) is 1.93. The maximum Gasteiger partial charge on any atom is 0.139 e. The summed E-state index contributed by atoms with van der Waals surface area (Å²) in [5, 5.41) is 4.87. The number of anilines is 1. The Labute approximate surface area is 227 Å². The van der Waals surface area contributed by atoms with Gasteiger partial charge in [0.1, 0.15) is 17.4 Å². The number of aryl methyl sites for hydroxylation is 1. The van der Waals surface area contributed by atoms with Crippen LogP contribution in [0.1, 0.15) is 55.7 Å². The van der Waals surface area contributed by atoms with Crippen molar-refractivity contribution in [2.75, 3.05) is 32.1 Å². The van der Waals surface area contributed by atoms with Gasteiger partial charge in [-0.15, -0.1) is 0 Å². The average Bonchev–Trinajstić information content (AvgIpc) is 3.46. The lowest BCUT2D eigenvalue weighted by molar-refractivity contribution is 0.256. The molecule has 2 heterocycles. The monoisotopic (exact) mass is 508 g/mol. The number of aromatic nitrogens is 2. The zero-order chi connectivity index (χ0) is 26.2. The maximum atomic E-state index is 5.57. The van der Waals surface area contributed by atoms with E-state index in [-0.39, 0.29) is 0 Å². The number of para-hydroxylation sites is 1. The summed E-state index contributed by atoms with van der Waals surface area (Å²) < 4.78 is 5.57. The van der Waals surface area contributed by atoms with E-state index in [9.17, 15) is 0 Å². The normalized spacial score (nSPS) is 18.1. The number of hydrogen-bond acceptors (Lipinski definition) is 5. The molecule has 1 N–H and O–H groups in total. The highest BCUT2D eigenvalue weighted by Gasteiger charge is 2.21. The Kier molecular flexibility index (Phi) is 8.87. The van der Waals surface area contributed by atoms with E-state index in [0.29, 0.717) is 0 Å². The van der Waals surface area contributed by atoms with Gasteiger partial charge in [-0.3, -0.25) is 0 Å². The molecule has 0 atom stereocenters. The molecular weight excluding hydrogens is 468 g/mol. The quantitative estimate of drug-likeness (QED) is 0.231. The molecule has 0 unspecified atom stereocenters. The molecule has 0 radical (unpaired) electrons. The van der Waals surface area contributed by atoms with Crippen LogP contribution in [0.2, 0.25) is 0 Å². The van der Waals surface area contributed by atoms with Crippen LogP contribution in [0, 0.1) is 11.8 Å². The number of nitrogens with one attached hydrogen (secondary N) is 1. The molecule has 5 nitrogen and oxygen atoms in total. The van der Waals surface area contributed by atoms with E-state index in [0.717, 1.165) is 66.1 Å². The third kappa shape index (κ3) is 6.90. The lowest BCUT2D eigenvalue weighted by atomic mass is 9.80. The minimum absolute atomic E-state index is 0.762. The van der Waals surface area contributed by atoms with Gasteiger partial charge >= 0.3 is 0 Å². The number of fused-ring (bicyclic) bond motifs is 1. The van der Waals surface area contributed by atoms with Gasteiger partial charge in [0.25, 0.3) is 0 Å². The van der Waals surface area contributed by atoms with Crippen LogP contribution in [-0.4, -0.2) is 37.2 Å². The first-order valence-electron chi connectivity index (χ1n) is 14.1. The molecule has 2 aromatic carbocycles. The fraction of sp³-hybridized carbons (Fsp3) is 0.394. The molecule has 1 saturated carbocycles. The zero-order valence-corrected chi connectivity index (χ0v) is 22.8. The molecule has 1 aliphatic carbocycles. The van der Waals surface area contributed by atoms with E-state index in [1.165, 1.54) is 43.2 Å². The number of nitrogens with zero attached hydrogens (tertiary/aromatic N) is 3. The van der Waals surface area contributed by atoms with Crippen LogP contribution in [0.5, 0.6) is 0 Å². The van der Waals surface area contributed by atoms with Crippen molar-refractivity contribution in [3.63, 3.8) is 0 Å². The summed E-state index contributed by atoms with van der Waals surface area (Å²) in [6.07, 6.45) is 12.6. The van der Waals surface area contributed by atoms with Gasteiger partial charge in [0.2, 0.25) is 0 Å². The van der Waals surface area contributed by atoms with Crippen LogP contribution in [0.3, 0.4) is 0 Å². The molecule has 2 aromatic heterocycles. The number of hydrogen-bond donors (Lipinski definition) is 1. The van der Waals surface area contributed by atoms with Gasteiger partial charge in [0.05, 0.1) is 11.8 Å². The Hall–Kier alpha value is -3.44. The number of rotatable bonds is 11. The molecule has 198 valence electrons. The highest BCUT2D eigenvalue weighted by molar-refractivity contribution is 5.89. The first kappa shape index (κ1) is 26.2. The van der Waals surface area contributed by atoms with E-state index >= 15 is 0 Å². The fourth-order valence-corrected chi connectivity index (χ4v) is 5.68. The Balaban J connectivity index is 1.07. The summed E-state index contributed by atoms with van der Waals surface area (Å²) in [5.41, 5.74) is 3.56. The van der Waals surface area contributed by atoms with Crippen LogP contribution in [0.4, 0.5) is 5.82 Å². The highest BCUT2D eigenvalue weighted by atomic mass is 16.3. The van der Waals surface area contributed by atoms with E-state index in [2.05, 4.69) is 85.0 Å². The van der Waals surface area contributed by atoms with Gasteiger partial charge in [-0.1, -0.05) is 61.7 Å². The molecule has 4 aromatic rings.